The standard InChI is InChI=1S/C24H28N2O2S/c1-15-7-9-19(12-17(15)3)13-22(27)26(14-20-6-5-11-28-20)24-25-23-18(4)16(2)8-10-21(23)29-24/h7-10,12,20H,5-6,11,13-14H2,1-4H3. The number of rotatable bonds is 5. The molecule has 0 N–H and O–H groups in total. The Balaban J connectivity index is 1.66. The molecule has 1 aliphatic heterocycles. The maximum atomic E-state index is 13.4. The molecule has 4 rings (SSSR count). The molecule has 1 atom stereocenters. The second-order valence-corrected chi connectivity index (χ2v) is 9.09. The maximum Gasteiger partial charge on any atom is 0.233 e. The number of carbonyl (C=O) groups is 1. The molecule has 1 aliphatic rings. The van der Waals surface area contributed by atoms with Crippen LogP contribution in [0.4, 0.5) is 5.13 Å². The zero-order valence-corrected chi connectivity index (χ0v) is 18.4. The average molecular weight is 409 g/mol. The molecular formula is C24H28N2O2S. The van der Waals surface area contributed by atoms with Gasteiger partial charge in [0, 0.05) is 6.61 Å². The lowest BCUT2D eigenvalue weighted by Gasteiger charge is -2.23. The van der Waals surface area contributed by atoms with Gasteiger partial charge in [-0.25, -0.2) is 4.98 Å². The summed E-state index contributed by atoms with van der Waals surface area (Å²) >= 11 is 1.59. The first-order valence-corrected chi connectivity index (χ1v) is 11.1. The Kier molecular flexibility index (Phi) is 5.70. The minimum absolute atomic E-state index is 0.0807. The number of thiazole rings is 1. The van der Waals surface area contributed by atoms with Gasteiger partial charge in [0.1, 0.15) is 0 Å². The summed E-state index contributed by atoms with van der Waals surface area (Å²) in [6, 6.07) is 10.5. The van der Waals surface area contributed by atoms with E-state index in [0.717, 1.165) is 40.4 Å². The highest BCUT2D eigenvalue weighted by atomic mass is 32.1. The van der Waals surface area contributed by atoms with Crippen LogP contribution in [0.3, 0.4) is 0 Å². The number of hydrogen-bond donors (Lipinski definition) is 0. The molecule has 5 heteroatoms. The number of anilines is 1. The number of amides is 1. The maximum absolute atomic E-state index is 13.4. The van der Waals surface area contributed by atoms with Gasteiger partial charge in [0.15, 0.2) is 5.13 Å². The summed E-state index contributed by atoms with van der Waals surface area (Å²) in [6.45, 7) is 9.73. The first kappa shape index (κ1) is 20.0. The van der Waals surface area contributed by atoms with Crippen molar-refractivity contribution < 1.29 is 9.53 Å². The SMILES string of the molecule is Cc1ccc(CC(=O)N(CC2CCCO2)c2nc3c(C)c(C)ccc3s2)cc1C. The minimum atomic E-state index is 0.0807. The Morgan fingerprint density at radius 3 is 2.66 bits per heavy atom. The molecule has 1 unspecified atom stereocenters. The summed E-state index contributed by atoms with van der Waals surface area (Å²) in [4.78, 5) is 20.1. The van der Waals surface area contributed by atoms with Gasteiger partial charge in [0.2, 0.25) is 5.91 Å². The highest BCUT2D eigenvalue weighted by molar-refractivity contribution is 7.22. The Labute approximate surface area is 176 Å². The van der Waals surface area contributed by atoms with Gasteiger partial charge in [-0.3, -0.25) is 9.69 Å². The number of aryl methyl sites for hydroxylation is 4. The molecule has 2 heterocycles. The van der Waals surface area contributed by atoms with Crippen LogP contribution in [0.25, 0.3) is 10.2 Å². The zero-order chi connectivity index (χ0) is 20.5. The molecule has 29 heavy (non-hydrogen) atoms. The molecular weight excluding hydrogens is 380 g/mol. The van der Waals surface area contributed by atoms with E-state index in [1.54, 1.807) is 11.3 Å². The number of aromatic nitrogens is 1. The number of ether oxygens (including phenoxy) is 1. The molecule has 1 aromatic heterocycles. The third-order valence-corrected chi connectivity index (χ3v) is 6.99. The highest BCUT2D eigenvalue weighted by Gasteiger charge is 2.26. The third-order valence-electron chi connectivity index (χ3n) is 5.94. The number of fused-ring (bicyclic) bond motifs is 1. The molecule has 2 aromatic carbocycles. The van der Waals surface area contributed by atoms with Crippen LogP contribution in [-0.2, 0) is 16.0 Å². The largest absolute Gasteiger partial charge is 0.376 e. The van der Waals surface area contributed by atoms with Gasteiger partial charge >= 0.3 is 0 Å². The zero-order valence-electron chi connectivity index (χ0n) is 17.6. The van der Waals surface area contributed by atoms with Crippen LogP contribution in [0, 0.1) is 27.7 Å². The summed E-state index contributed by atoms with van der Waals surface area (Å²) in [5.74, 6) is 0.0807. The fourth-order valence-corrected chi connectivity index (χ4v) is 4.84. The van der Waals surface area contributed by atoms with Crippen LogP contribution < -0.4 is 4.90 Å². The van der Waals surface area contributed by atoms with E-state index in [-0.39, 0.29) is 12.0 Å². The van der Waals surface area contributed by atoms with Gasteiger partial charge in [0.05, 0.1) is 29.3 Å². The second-order valence-electron chi connectivity index (χ2n) is 8.09. The molecule has 0 spiro atoms. The van der Waals surface area contributed by atoms with E-state index in [9.17, 15) is 4.79 Å². The molecule has 0 aliphatic carbocycles. The van der Waals surface area contributed by atoms with Crippen molar-refractivity contribution in [2.24, 2.45) is 0 Å². The van der Waals surface area contributed by atoms with Crippen LogP contribution in [0.5, 0.6) is 0 Å². The summed E-state index contributed by atoms with van der Waals surface area (Å²) < 4.78 is 6.96. The van der Waals surface area contributed by atoms with Crippen molar-refractivity contribution in [2.45, 2.75) is 53.1 Å². The van der Waals surface area contributed by atoms with Crippen molar-refractivity contribution in [2.75, 3.05) is 18.1 Å². The molecule has 1 fully saturated rings. The lowest BCUT2D eigenvalue weighted by molar-refractivity contribution is -0.118. The van der Waals surface area contributed by atoms with Gasteiger partial charge in [-0.15, -0.1) is 0 Å². The summed E-state index contributed by atoms with van der Waals surface area (Å²) in [6.07, 6.45) is 2.52. The van der Waals surface area contributed by atoms with Gasteiger partial charge in [0.25, 0.3) is 0 Å². The van der Waals surface area contributed by atoms with Crippen LogP contribution >= 0.6 is 11.3 Å². The van der Waals surface area contributed by atoms with Gasteiger partial charge < -0.3 is 4.74 Å². The minimum Gasteiger partial charge on any atom is -0.376 e. The highest BCUT2D eigenvalue weighted by Crippen LogP contribution is 2.33. The molecule has 152 valence electrons. The number of nitrogens with zero attached hydrogens (tertiary/aromatic N) is 2. The van der Waals surface area contributed by atoms with Crippen molar-refractivity contribution in [1.82, 2.24) is 4.98 Å². The Bertz CT molecular complexity index is 1050. The summed E-state index contributed by atoms with van der Waals surface area (Å²) in [5, 5.41) is 0.776. The van der Waals surface area contributed by atoms with E-state index in [0.29, 0.717) is 13.0 Å². The van der Waals surface area contributed by atoms with Gasteiger partial charge in [-0.05, 0) is 74.4 Å². The van der Waals surface area contributed by atoms with E-state index >= 15 is 0 Å². The molecule has 0 bridgehead atoms. The van der Waals surface area contributed by atoms with E-state index in [1.807, 2.05) is 4.90 Å². The smallest absolute Gasteiger partial charge is 0.233 e. The predicted molar refractivity (Wildman–Crippen MR) is 120 cm³/mol. The van der Waals surface area contributed by atoms with Gasteiger partial charge in [-0.1, -0.05) is 35.6 Å². The average Bonchev–Trinajstić information content (AvgIpc) is 3.35. The predicted octanol–water partition coefficient (Wildman–Crippen LogP) is 5.28. The summed E-state index contributed by atoms with van der Waals surface area (Å²) in [7, 11) is 0. The van der Waals surface area contributed by atoms with Gasteiger partial charge in [-0.2, -0.15) is 0 Å². The lowest BCUT2D eigenvalue weighted by atomic mass is 10.0. The number of carbonyl (C=O) groups excluding carboxylic acids is 1. The Morgan fingerprint density at radius 1 is 1.14 bits per heavy atom. The van der Waals surface area contributed by atoms with Crippen molar-refractivity contribution in [3.63, 3.8) is 0 Å². The molecule has 0 radical (unpaired) electrons. The van der Waals surface area contributed by atoms with E-state index in [2.05, 4.69) is 58.0 Å². The first-order valence-electron chi connectivity index (χ1n) is 10.3. The van der Waals surface area contributed by atoms with Crippen molar-refractivity contribution in [3.05, 3.63) is 58.1 Å². The van der Waals surface area contributed by atoms with Crippen LogP contribution in [0.15, 0.2) is 30.3 Å². The quantitative estimate of drug-likeness (QED) is 0.576. The molecule has 1 amide bonds. The fraction of sp³-hybridized carbons (Fsp3) is 0.417. The van der Waals surface area contributed by atoms with Crippen molar-refractivity contribution in [1.29, 1.82) is 0 Å². The third kappa shape index (κ3) is 4.21. The van der Waals surface area contributed by atoms with Crippen LogP contribution in [0.1, 0.15) is 40.7 Å². The normalized spacial score (nSPS) is 16.5. The van der Waals surface area contributed by atoms with E-state index in [4.69, 9.17) is 9.72 Å². The van der Waals surface area contributed by atoms with Crippen LogP contribution in [-0.4, -0.2) is 30.1 Å². The topological polar surface area (TPSA) is 42.4 Å². The molecule has 4 nitrogen and oxygen atoms in total. The Hall–Kier alpha value is -2.24. The lowest BCUT2D eigenvalue weighted by Crippen LogP contribution is -2.38. The van der Waals surface area contributed by atoms with Crippen molar-refractivity contribution >= 4 is 32.6 Å². The number of hydrogen-bond acceptors (Lipinski definition) is 4. The summed E-state index contributed by atoms with van der Waals surface area (Å²) in [5.41, 5.74) is 6.91. The van der Waals surface area contributed by atoms with Crippen LogP contribution in [0.2, 0.25) is 0 Å². The van der Waals surface area contributed by atoms with E-state index in [1.165, 1.54) is 22.3 Å². The van der Waals surface area contributed by atoms with E-state index < -0.39 is 0 Å². The monoisotopic (exact) mass is 408 g/mol. The molecule has 0 saturated carbocycles. The number of benzene rings is 2. The second kappa shape index (κ2) is 8.25. The Morgan fingerprint density at radius 2 is 1.93 bits per heavy atom. The molecule has 1 saturated heterocycles. The first-order chi connectivity index (χ1) is 13.9. The fourth-order valence-electron chi connectivity index (χ4n) is 3.79. The van der Waals surface area contributed by atoms with Crippen molar-refractivity contribution in [3.8, 4) is 0 Å². The molecule has 3 aromatic rings.